The van der Waals surface area contributed by atoms with Crippen molar-refractivity contribution >= 4 is 11.8 Å². The van der Waals surface area contributed by atoms with Crippen LogP contribution in [0.2, 0.25) is 0 Å². The highest BCUT2D eigenvalue weighted by atomic mass is 14.9. The molecule has 1 atom stereocenters. The zero-order chi connectivity index (χ0) is 12.8. The average molecular weight is 237 g/mol. The van der Waals surface area contributed by atoms with Crippen molar-refractivity contribution in [1.29, 1.82) is 0 Å². The summed E-state index contributed by atoms with van der Waals surface area (Å²) in [7, 11) is 0. The van der Waals surface area contributed by atoms with Crippen molar-refractivity contribution in [2.45, 2.75) is 19.9 Å². The zero-order valence-electron chi connectivity index (χ0n) is 10.9. The molecule has 0 aliphatic carbocycles. The van der Waals surface area contributed by atoms with Gasteiger partial charge in [0.05, 0.1) is 0 Å². The van der Waals surface area contributed by atoms with Crippen LogP contribution in [-0.2, 0) is 0 Å². The zero-order valence-corrected chi connectivity index (χ0v) is 10.9. The van der Waals surface area contributed by atoms with Gasteiger partial charge in [0, 0.05) is 11.7 Å². The Morgan fingerprint density at radius 1 is 0.944 bits per heavy atom. The van der Waals surface area contributed by atoms with E-state index in [0.29, 0.717) is 6.04 Å². The standard InChI is InChI=1S/C17H19N/c1-14-8-11-16(12-9-14)13-10-15(2)18-17-6-4-3-5-7-17/h3-13,15,18H,1-2H3/b13-10+. The first kappa shape index (κ1) is 12.4. The number of benzene rings is 2. The Kier molecular flexibility index (Phi) is 4.19. The molecule has 92 valence electrons. The number of anilines is 1. The van der Waals surface area contributed by atoms with Crippen molar-refractivity contribution < 1.29 is 0 Å². The third-order valence-corrected chi connectivity index (χ3v) is 2.82. The molecule has 0 saturated carbocycles. The predicted octanol–water partition coefficient (Wildman–Crippen LogP) is 4.51. The molecule has 0 heterocycles. The lowest BCUT2D eigenvalue weighted by Crippen LogP contribution is -2.11. The third-order valence-electron chi connectivity index (χ3n) is 2.82. The molecule has 2 aromatic rings. The van der Waals surface area contributed by atoms with Crippen LogP contribution in [0.4, 0.5) is 5.69 Å². The fourth-order valence-corrected chi connectivity index (χ4v) is 1.78. The fourth-order valence-electron chi connectivity index (χ4n) is 1.78. The summed E-state index contributed by atoms with van der Waals surface area (Å²) in [4.78, 5) is 0. The summed E-state index contributed by atoms with van der Waals surface area (Å²) in [6.45, 7) is 4.25. The quantitative estimate of drug-likeness (QED) is 0.825. The number of aryl methyl sites for hydroxylation is 1. The predicted molar refractivity (Wildman–Crippen MR) is 79.7 cm³/mol. The highest BCUT2D eigenvalue weighted by Gasteiger charge is 1.96. The second kappa shape index (κ2) is 6.06. The summed E-state index contributed by atoms with van der Waals surface area (Å²) in [5, 5.41) is 3.44. The number of hydrogen-bond acceptors (Lipinski definition) is 1. The Hall–Kier alpha value is -2.02. The SMILES string of the molecule is Cc1ccc(/C=C/C(C)Nc2ccccc2)cc1. The van der Waals surface area contributed by atoms with E-state index in [2.05, 4.69) is 67.7 Å². The summed E-state index contributed by atoms with van der Waals surface area (Å²) in [5.41, 5.74) is 3.68. The molecule has 1 unspecified atom stereocenters. The molecular weight excluding hydrogens is 218 g/mol. The third kappa shape index (κ3) is 3.77. The molecule has 0 bridgehead atoms. The van der Waals surface area contributed by atoms with Crippen LogP contribution >= 0.6 is 0 Å². The van der Waals surface area contributed by atoms with Gasteiger partial charge in [0.25, 0.3) is 0 Å². The maximum atomic E-state index is 3.44. The van der Waals surface area contributed by atoms with E-state index in [0.717, 1.165) is 5.69 Å². The Labute approximate surface area is 109 Å². The van der Waals surface area contributed by atoms with Crippen molar-refractivity contribution in [1.82, 2.24) is 0 Å². The maximum Gasteiger partial charge on any atom is 0.0419 e. The van der Waals surface area contributed by atoms with Gasteiger partial charge in [-0.15, -0.1) is 0 Å². The lowest BCUT2D eigenvalue weighted by Gasteiger charge is -2.10. The molecule has 2 aromatic carbocycles. The molecule has 0 amide bonds. The van der Waals surface area contributed by atoms with Gasteiger partial charge in [-0.25, -0.2) is 0 Å². The summed E-state index contributed by atoms with van der Waals surface area (Å²) >= 11 is 0. The van der Waals surface area contributed by atoms with E-state index in [9.17, 15) is 0 Å². The van der Waals surface area contributed by atoms with Gasteiger partial charge in [0.15, 0.2) is 0 Å². The molecule has 18 heavy (non-hydrogen) atoms. The maximum absolute atomic E-state index is 3.44. The Balaban J connectivity index is 1.95. The van der Waals surface area contributed by atoms with E-state index in [1.54, 1.807) is 0 Å². The molecule has 0 fully saturated rings. The van der Waals surface area contributed by atoms with Gasteiger partial charge < -0.3 is 5.32 Å². The van der Waals surface area contributed by atoms with Crippen molar-refractivity contribution in [2.24, 2.45) is 0 Å². The van der Waals surface area contributed by atoms with Crippen LogP contribution in [0, 0.1) is 6.92 Å². The molecule has 0 aliphatic heterocycles. The second-order valence-electron chi connectivity index (χ2n) is 4.57. The number of para-hydroxylation sites is 1. The van der Waals surface area contributed by atoms with Gasteiger partial charge in [0.2, 0.25) is 0 Å². The van der Waals surface area contributed by atoms with Crippen LogP contribution in [-0.4, -0.2) is 6.04 Å². The lowest BCUT2D eigenvalue weighted by molar-refractivity contribution is 1.00. The number of nitrogens with one attached hydrogen (secondary N) is 1. The summed E-state index contributed by atoms with van der Waals surface area (Å²) in [6, 6.07) is 19.1. The van der Waals surface area contributed by atoms with Gasteiger partial charge in [-0.1, -0.05) is 60.2 Å². The molecule has 2 rings (SSSR count). The van der Waals surface area contributed by atoms with Crippen molar-refractivity contribution in [3.8, 4) is 0 Å². The normalized spacial score (nSPS) is 12.6. The lowest BCUT2D eigenvalue weighted by atomic mass is 10.1. The topological polar surface area (TPSA) is 12.0 Å². The highest BCUT2D eigenvalue weighted by molar-refractivity contribution is 5.52. The molecule has 1 heteroatoms. The van der Waals surface area contributed by atoms with Crippen molar-refractivity contribution in [3.63, 3.8) is 0 Å². The van der Waals surface area contributed by atoms with E-state index in [-0.39, 0.29) is 0 Å². The molecule has 0 aromatic heterocycles. The number of hydrogen-bond donors (Lipinski definition) is 1. The first-order valence-electron chi connectivity index (χ1n) is 6.30. The Morgan fingerprint density at radius 2 is 1.61 bits per heavy atom. The second-order valence-corrected chi connectivity index (χ2v) is 4.57. The smallest absolute Gasteiger partial charge is 0.0419 e. The van der Waals surface area contributed by atoms with Crippen LogP contribution < -0.4 is 5.32 Å². The van der Waals surface area contributed by atoms with Crippen LogP contribution in [0.5, 0.6) is 0 Å². The van der Waals surface area contributed by atoms with Crippen LogP contribution in [0.1, 0.15) is 18.1 Å². The Bertz CT molecular complexity index is 497. The van der Waals surface area contributed by atoms with Crippen LogP contribution in [0.3, 0.4) is 0 Å². The summed E-state index contributed by atoms with van der Waals surface area (Å²) < 4.78 is 0. The average Bonchev–Trinajstić information content (AvgIpc) is 2.39. The molecule has 0 radical (unpaired) electrons. The van der Waals surface area contributed by atoms with Gasteiger partial charge in [0.1, 0.15) is 0 Å². The molecule has 0 saturated heterocycles. The minimum atomic E-state index is 0.314. The number of rotatable bonds is 4. The van der Waals surface area contributed by atoms with Crippen LogP contribution in [0.15, 0.2) is 60.7 Å². The van der Waals surface area contributed by atoms with Gasteiger partial charge >= 0.3 is 0 Å². The molecule has 1 N–H and O–H groups in total. The molecule has 1 nitrogen and oxygen atoms in total. The monoisotopic (exact) mass is 237 g/mol. The fraction of sp³-hybridized carbons (Fsp3) is 0.176. The van der Waals surface area contributed by atoms with E-state index >= 15 is 0 Å². The van der Waals surface area contributed by atoms with Gasteiger partial charge in [-0.3, -0.25) is 0 Å². The molecular formula is C17H19N. The minimum absolute atomic E-state index is 0.314. The van der Waals surface area contributed by atoms with E-state index in [1.807, 2.05) is 18.2 Å². The van der Waals surface area contributed by atoms with Gasteiger partial charge in [-0.2, -0.15) is 0 Å². The van der Waals surface area contributed by atoms with E-state index in [1.165, 1.54) is 11.1 Å². The summed E-state index contributed by atoms with van der Waals surface area (Å²) in [6.07, 6.45) is 4.33. The molecule has 0 aliphatic rings. The summed E-state index contributed by atoms with van der Waals surface area (Å²) in [5.74, 6) is 0. The minimum Gasteiger partial charge on any atom is -0.379 e. The Morgan fingerprint density at radius 3 is 2.28 bits per heavy atom. The van der Waals surface area contributed by atoms with Gasteiger partial charge in [-0.05, 0) is 31.5 Å². The van der Waals surface area contributed by atoms with Crippen LogP contribution in [0.25, 0.3) is 6.08 Å². The van der Waals surface area contributed by atoms with E-state index < -0.39 is 0 Å². The van der Waals surface area contributed by atoms with Crippen molar-refractivity contribution in [2.75, 3.05) is 5.32 Å². The highest BCUT2D eigenvalue weighted by Crippen LogP contribution is 2.09. The van der Waals surface area contributed by atoms with Crippen molar-refractivity contribution in [3.05, 3.63) is 71.8 Å². The van der Waals surface area contributed by atoms with E-state index in [4.69, 9.17) is 0 Å². The first-order valence-corrected chi connectivity index (χ1v) is 6.30. The molecule has 0 spiro atoms. The first-order chi connectivity index (χ1) is 8.74. The largest absolute Gasteiger partial charge is 0.379 e.